The molecule has 0 aliphatic carbocycles. The highest BCUT2D eigenvalue weighted by molar-refractivity contribution is 5.81. The minimum absolute atomic E-state index is 0.0649. The molecule has 2 nitrogen and oxygen atoms in total. The molecule has 0 rings (SSSR count). The standard InChI is InChI=1S/C15H28O2/c1-6-13(17-14(16)7-2)11-9-8-10-12-15(3,4)5/h7,13H,2,6,8-12H2,1,3-5H3. The highest BCUT2D eigenvalue weighted by Crippen LogP contribution is 2.22. The molecule has 1 unspecified atom stereocenters. The van der Waals surface area contributed by atoms with Crippen molar-refractivity contribution in [2.24, 2.45) is 5.41 Å². The summed E-state index contributed by atoms with van der Waals surface area (Å²) in [6.45, 7) is 12.3. The predicted octanol–water partition coefficient (Wildman–Crippen LogP) is 4.49. The van der Waals surface area contributed by atoms with E-state index in [0.717, 1.165) is 19.3 Å². The molecule has 17 heavy (non-hydrogen) atoms. The molecular weight excluding hydrogens is 212 g/mol. The second kappa shape index (κ2) is 8.32. The molecule has 0 bridgehead atoms. The summed E-state index contributed by atoms with van der Waals surface area (Å²) in [7, 11) is 0. The second-order valence-corrected chi connectivity index (χ2v) is 5.83. The number of unbranched alkanes of at least 4 members (excludes halogenated alkanes) is 2. The molecule has 0 saturated carbocycles. The smallest absolute Gasteiger partial charge is 0.330 e. The zero-order chi connectivity index (χ0) is 13.3. The Balaban J connectivity index is 3.63. The van der Waals surface area contributed by atoms with Gasteiger partial charge in [-0.1, -0.05) is 47.1 Å². The summed E-state index contributed by atoms with van der Waals surface area (Å²) >= 11 is 0. The lowest BCUT2D eigenvalue weighted by Gasteiger charge is -2.18. The molecule has 0 aromatic carbocycles. The minimum atomic E-state index is -0.299. The van der Waals surface area contributed by atoms with Gasteiger partial charge in [-0.15, -0.1) is 0 Å². The van der Waals surface area contributed by atoms with Crippen molar-refractivity contribution in [3.8, 4) is 0 Å². The first-order valence-electron chi connectivity index (χ1n) is 6.72. The monoisotopic (exact) mass is 240 g/mol. The van der Waals surface area contributed by atoms with Gasteiger partial charge >= 0.3 is 5.97 Å². The van der Waals surface area contributed by atoms with E-state index in [1.807, 2.05) is 0 Å². The largest absolute Gasteiger partial charge is 0.459 e. The molecule has 100 valence electrons. The third-order valence-electron chi connectivity index (χ3n) is 2.86. The fourth-order valence-corrected chi connectivity index (χ4v) is 1.76. The maximum atomic E-state index is 11.1. The van der Waals surface area contributed by atoms with Crippen LogP contribution in [0.5, 0.6) is 0 Å². The molecule has 0 spiro atoms. The highest BCUT2D eigenvalue weighted by Gasteiger charge is 2.11. The van der Waals surface area contributed by atoms with Gasteiger partial charge in [-0.3, -0.25) is 0 Å². The average Bonchev–Trinajstić information content (AvgIpc) is 2.25. The van der Waals surface area contributed by atoms with Crippen molar-refractivity contribution in [2.75, 3.05) is 0 Å². The Hall–Kier alpha value is -0.790. The van der Waals surface area contributed by atoms with E-state index in [1.54, 1.807) is 0 Å². The van der Waals surface area contributed by atoms with Gasteiger partial charge in [0.2, 0.25) is 0 Å². The first kappa shape index (κ1) is 16.2. The van der Waals surface area contributed by atoms with Gasteiger partial charge in [-0.25, -0.2) is 4.79 Å². The van der Waals surface area contributed by atoms with Crippen molar-refractivity contribution >= 4 is 5.97 Å². The molecule has 0 aromatic rings. The van der Waals surface area contributed by atoms with Crippen LogP contribution in [-0.4, -0.2) is 12.1 Å². The zero-order valence-electron chi connectivity index (χ0n) is 11.9. The maximum Gasteiger partial charge on any atom is 0.330 e. The van der Waals surface area contributed by atoms with E-state index in [1.165, 1.54) is 25.3 Å². The second-order valence-electron chi connectivity index (χ2n) is 5.83. The molecule has 0 radical (unpaired) electrons. The molecule has 0 saturated heterocycles. The molecule has 0 fully saturated rings. The Morgan fingerprint density at radius 2 is 1.94 bits per heavy atom. The normalized spacial score (nSPS) is 13.2. The Labute approximate surface area is 106 Å². The third kappa shape index (κ3) is 10.1. The summed E-state index contributed by atoms with van der Waals surface area (Å²) < 4.78 is 5.24. The van der Waals surface area contributed by atoms with Crippen LogP contribution in [0.3, 0.4) is 0 Å². The van der Waals surface area contributed by atoms with Crippen LogP contribution in [-0.2, 0) is 9.53 Å². The highest BCUT2D eigenvalue weighted by atomic mass is 16.5. The lowest BCUT2D eigenvalue weighted by molar-refractivity contribution is -0.143. The van der Waals surface area contributed by atoms with Crippen molar-refractivity contribution in [2.45, 2.75) is 72.3 Å². The van der Waals surface area contributed by atoms with Crippen LogP contribution >= 0.6 is 0 Å². The quantitative estimate of drug-likeness (QED) is 0.355. The van der Waals surface area contributed by atoms with Crippen LogP contribution < -0.4 is 0 Å². The van der Waals surface area contributed by atoms with E-state index < -0.39 is 0 Å². The van der Waals surface area contributed by atoms with Gasteiger partial charge in [0.15, 0.2) is 0 Å². The molecular formula is C15H28O2. The third-order valence-corrected chi connectivity index (χ3v) is 2.86. The fraction of sp³-hybridized carbons (Fsp3) is 0.800. The van der Waals surface area contributed by atoms with E-state index in [4.69, 9.17) is 4.74 Å². The van der Waals surface area contributed by atoms with Gasteiger partial charge in [0.25, 0.3) is 0 Å². The first-order chi connectivity index (χ1) is 7.89. The number of esters is 1. The summed E-state index contributed by atoms with van der Waals surface area (Å²) in [5.74, 6) is -0.299. The van der Waals surface area contributed by atoms with Crippen LogP contribution in [0.2, 0.25) is 0 Å². The molecule has 0 heterocycles. The van der Waals surface area contributed by atoms with Gasteiger partial charge < -0.3 is 4.74 Å². The van der Waals surface area contributed by atoms with Crippen molar-refractivity contribution in [3.05, 3.63) is 12.7 Å². The van der Waals surface area contributed by atoms with E-state index in [-0.39, 0.29) is 12.1 Å². The summed E-state index contributed by atoms with van der Waals surface area (Å²) in [5, 5.41) is 0. The Bertz CT molecular complexity index is 226. The molecule has 0 N–H and O–H groups in total. The van der Waals surface area contributed by atoms with Crippen molar-refractivity contribution in [3.63, 3.8) is 0 Å². The average molecular weight is 240 g/mol. The van der Waals surface area contributed by atoms with Gasteiger partial charge in [-0.2, -0.15) is 0 Å². The molecule has 0 aliphatic rings. The molecule has 0 amide bonds. The Kier molecular flexibility index (Phi) is 7.94. The zero-order valence-corrected chi connectivity index (χ0v) is 11.9. The van der Waals surface area contributed by atoms with Gasteiger partial charge in [-0.05, 0) is 31.1 Å². The number of carbonyl (C=O) groups is 1. The fourth-order valence-electron chi connectivity index (χ4n) is 1.76. The summed E-state index contributed by atoms with van der Waals surface area (Å²) in [6.07, 6.45) is 8.04. The summed E-state index contributed by atoms with van der Waals surface area (Å²) in [6, 6.07) is 0. The molecule has 2 heteroatoms. The Morgan fingerprint density at radius 1 is 1.29 bits per heavy atom. The predicted molar refractivity (Wildman–Crippen MR) is 72.9 cm³/mol. The number of hydrogen-bond acceptors (Lipinski definition) is 2. The van der Waals surface area contributed by atoms with Crippen LogP contribution in [0.25, 0.3) is 0 Å². The van der Waals surface area contributed by atoms with Crippen LogP contribution in [0.15, 0.2) is 12.7 Å². The van der Waals surface area contributed by atoms with Crippen LogP contribution in [0.1, 0.15) is 66.2 Å². The van der Waals surface area contributed by atoms with Crippen LogP contribution in [0.4, 0.5) is 0 Å². The molecule has 0 aliphatic heterocycles. The minimum Gasteiger partial charge on any atom is -0.459 e. The van der Waals surface area contributed by atoms with Crippen molar-refractivity contribution < 1.29 is 9.53 Å². The number of rotatable bonds is 8. The maximum absolute atomic E-state index is 11.1. The number of hydrogen-bond donors (Lipinski definition) is 0. The first-order valence-corrected chi connectivity index (χ1v) is 6.72. The van der Waals surface area contributed by atoms with Crippen molar-refractivity contribution in [1.29, 1.82) is 0 Å². The van der Waals surface area contributed by atoms with E-state index in [9.17, 15) is 4.79 Å². The van der Waals surface area contributed by atoms with Gasteiger partial charge in [0, 0.05) is 6.08 Å². The van der Waals surface area contributed by atoms with Crippen LogP contribution in [0, 0.1) is 5.41 Å². The van der Waals surface area contributed by atoms with Gasteiger partial charge in [0.05, 0.1) is 0 Å². The number of carbonyl (C=O) groups excluding carboxylic acids is 1. The Morgan fingerprint density at radius 3 is 2.41 bits per heavy atom. The SMILES string of the molecule is C=CC(=O)OC(CC)CCCCCC(C)(C)C. The van der Waals surface area contributed by atoms with Gasteiger partial charge in [0.1, 0.15) is 6.10 Å². The molecule has 0 aromatic heterocycles. The molecule has 1 atom stereocenters. The summed E-state index contributed by atoms with van der Waals surface area (Å²) in [4.78, 5) is 11.1. The van der Waals surface area contributed by atoms with E-state index in [0.29, 0.717) is 5.41 Å². The lowest BCUT2D eigenvalue weighted by atomic mass is 9.89. The van der Waals surface area contributed by atoms with E-state index in [2.05, 4.69) is 34.3 Å². The van der Waals surface area contributed by atoms with E-state index >= 15 is 0 Å². The number of ether oxygens (including phenoxy) is 1. The topological polar surface area (TPSA) is 26.3 Å². The summed E-state index contributed by atoms with van der Waals surface area (Å²) in [5.41, 5.74) is 0.430. The van der Waals surface area contributed by atoms with Crippen molar-refractivity contribution in [1.82, 2.24) is 0 Å². The lowest BCUT2D eigenvalue weighted by Crippen LogP contribution is -2.15.